The molecule has 0 aliphatic rings. The van der Waals surface area contributed by atoms with Crippen molar-refractivity contribution in [3.8, 4) is 5.75 Å². The number of Topliss-reactive ketones (excluding diaryl/α,β-unsaturated/α-hetero) is 1. The second-order valence-electron chi connectivity index (χ2n) is 5.20. The summed E-state index contributed by atoms with van der Waals surface area (Å²) in [6.07, 6.45) is 0. The molecule has 0 radical (unpaired) electrons. The van der Waals surface area contributed by atoms with Crippen molar-refractivity contribution in [3.63, 3.8) is 0 Å². The fraction of sp³-hybridized carbons (Fsp3) is 0.312. The summed E-state index contributed by atoms with van der Waals surface area (Å²) in [7, 11) is 0. The number of aromatic nitrogens is 1. The number of carbonyl (C=O) groups is 2. The Balaban J connectivity index is 2.01. The molecule has 122 valence electrons. The summed E-state index contributed by atoms with van der Waals surface area (Å²) >= 11 is 4.59. The summed E-state index contributed by atoms with van der Waals surface area (Å²) in [5, 5.41) is 3.07. The zero-order valence-corrected chi connectivity index (χ0v) is 15.7. The van der Waals surface area contributed by atoms with Gasteiger partial charge in [-0.3, -0.25) is 14.9 Å². The monoisotopic (exact) mass is 396 g/mol. The maximum Gasteiger partial charge on any atom is 0.264 e. The van der Waals surface area contributed by atoms with Gasteiger partial charge in [0.15, 0.2) is 17.5 Å². The van der Waals surface area contributed by atoms with Gasteiger partial charge in [-0.2, -0.15) is 0 Å². The van der Waals surface area contributed by atoms with Crippen LogP contribution in [0.5, 0.6) is 5.75 Å². The molecule has 0 aliphatic heterocycles. The molecular formula is C16H17BrN2O3S. The number of hydrogen-bond acceptors (Lipinski definition) is 5. The number of benzene rings is 1. The fourth-order valence-electron chi connectivity index (χ4n) is 2.19. The first kappa shape index (κ1) is 17.6. The lowest BCUT2D eigenvalue weighted by atomic mass is 10.1. The minimum absolute atomic E-state index is 0.0575. The topological polar surface area (TPSA) is 68.3 Å². The van der Waals surface area contributed by atoms with E-state index in [4.69, 9.17) is 4.74 Å². The van der Waals surface area contributed by atoms with Crippen LogP contribution in [-0.2, 0) is 4.79 Å². The largest absolute Gasteiger partial charge is 0.483 e. The van der Waals surface area contributed by atoms with Gasteiger partial charge in [0.2, 0.25) is 0 Å². The van der Waals surface area contributed by atoms with Crippen LogP contribution in [0.2, 0.25) is 0 Å². The molecule has 2 aromatic rings. The molecule has 0 saturated heterocycles. The van der Waals surface area contributed by atoms with Crippen LogP contribution in [0.3, 0.4) is 0 Å². The van der Waals surface area contributed by atoms with Gasteiger partial charge in [-0.1, -0.05) is 27.3 Å². The van der Waals surface area contributed by atoms with E-state index in [2.05, 4.69) is 26.2 Å². The molecule has 0 aliphatic carbocycles. The number of thiazole rings is 1. The number of amides is 1. The minimum atomic E-state index is -0.310. The van der Waals surface area contributed by atoms with Gasteiger partial charge in [0.25, 0.3) is 5.91 Å². The summed E-state index contributed by atoms with van der Waals surface area (Å²) in [6.45, 7) is 6.96. The van der Waals surface area contributed by atoms with Crippen molar-refractivity contribution in [2.24, 2.45) is 0 Å². The Morgan fingerprint density at radius 2 is 1.87 bits per heavy atom. The molecule has 0 fully saturated rings. The molecule has 0 spiro atoms. The molecule has 1 heterocycles. The third-order valence-electron chi connectivity index (χ3n) is 3.14. The van der Waals surface area contributed by atoms with E-state index in [-0.39, 0.29) is 18.3 Å². The first-order valence-corrected chi connectivity index (χ1v) is 8.56. The van der Waals surface area contributed by atoms with Gasteiger partial charge in [-0.05, 0) is 44.0 Å². The zero-order chi connectivity index (χ0) is 17.1. The Kier molecular flexibility index (Phi) is 5.54. The molecule has 5 nitrogen and oxygen atoms in total. The number of halogens is 1. The first-order chi connectivity index (χ1) is 10.8. The van der Waals surface area contributed by atoms with Crippen LogP contribution in [0.1, 0.15) is 33.4 Å². The average molecular weight is 397 g/mol. The highest BCUT2D eigenvalue weighted by Gasteiger charge is 2.14. The molecule has 1 aromatic heterocycles. The molecule has 0 atom stereocenters. The number of aryl methyl sites for hydroxylation is 3. The number of rotatable bonds is 5. The molecule has 0 saturated carbocycles. The molecule has 1 N–H and O–H groups in total. The predicted molar refractivity (Wildman–Crippen MR) is 94.6 cm³/mol. The van der Waals surface area contributed by atoms with Crippen molar-refractivity contribution >= 4 is 44.1 Å². The predicted octanol–water partition coefficient (Wildman–Crippen LogP) is 4.05. The Labute approximate surface area is 147 Å². The molecule has 1 amide bonds. The minimum Gasteiger partial charge on any atom is -0.483 e. The first-order valence-electron chi connectivity index (χ1n) is 6.95. The highest BCUT2D eigenvalue weighted by atomic mass is 79.9. The summed E-state index contributed by atoms with van der Waals surface area (Å²) in [5.41, 5.74) is 2.53. The van der Waals surface area contributed by atoms with E-state index in [1.807, 2.05) is 26.0 Å². The van der Waals surface area contributed by atoms with Crippen LogP contribution in [0.4, 0.5) is 5.13 Å². The van der Waals surface area contributed by atoms with E-state index in [1.165, 1.54) is 18.3 Å². The molecule has 23 heavy (non-hydrogen) atoms. The SMILES string of the molecule is CC(=O)c1sc(NC(=O)COc2c(C)cc(Br)cc2C)nc1C. The Morgan fingerprint density at radius 1 is 1.26 bits per heavy atom. The number of carbonyl (C=O) groups excluding carboxylic acids is 2. The number of ether oxygens (including phenoxy) is 1. The van der Waals surface area contributed by atoms with Crippen LogP contribution in [-0.4, -0.2) is 23.3 Å². The number of nitrogens with zero attached hydrogens (tertiary/aromatic N) is 1. The van der Waals surface area contributed by atoms with Gasteiger partial charge >= 0.3 is 0 Å². The lowest BCUT2D eigenvalue weighted by molar-refractivity contribution is -0.118. The second kappa shape index (κ2) is 7.23. The third-order valence-corrected chi connectivity index (χ3v) is 4.77. The molecular weight excluding hydrogens is 380 g/mol. The van der Waals surface area contributed by atoms with Gasteiger partial charge in [-0.15, -0.1) is 0 Å². The molecule has 0 unspecified atom stereocenters. The van der Waals surface area contributed by atoms with Crippen molar-refractivity contribution < 1.29 is 14.3 Å². The maximum absolute atomic E-state index is 12.0. The van der Waals surface area contributed by atoms with Crippen LogP contribution in [0.15, 0.2) is 16.6 Å². The maximum atomic E-state index is 12.0. The molecule has 7 heteroatoms. The zero-order valence-electron chi connectivity index (χ0n) is 13.3. The Morgan fingerprint density at radius 3 is 2.39 bits per heavy atom. The van der Waals surface area contributed by atoms with Crippen LogP contribution >= 0.6 is 27.3 Å². The number of hydrogen-bond donors (Lipinski definition) is 1. The number of ketones is 1. The summed E-state index contributed by atoms with van der Waals surface area (Å²) in [4.78, 5) is 28.1. The molecule has 1 aromatic carbocycles. The van der Waals surface area contributed by atoms with Crippen molar-refractivity contribution in [2.75, 3.05) is 11.9 Å². The van der Waals surface area contributed by atoms with Crippen LogP contribution in [0, 0.1) is 20.8 Å². The van der Waals surface area contributed by atoms with Crippen molar-refractivity contribution in [2.45, 2.75) is 27.7 Å². The average Bonchev–Trinajstić information content (AvgIpc) is 2.78. The van der Waals surface area contributed by atoms with E-state index >= 15 is 0 Å². The van der Waals surface area contributed by atoms with E-state index in [9.17, 15) is 9.59 Å². The van der Waals surface area contributed by atoms with Crippen molar-refractivity contribution in [1.29, 1.82) is 0 Å². The van der Waals surface area contributed by atoms with E-state index in [0.29, 0.717) is 21.5 Å². The lowest BCUT2D eigenvalue weighted by Crippen LogP contribution is -2.20. The van der Waals surface area contributed by atoms with Gasteiger partial charge in [-0.25, -0.2) is 4.98 Å². The quantitative estimate of drug-likeness (QED) is 0.773. The molecule has 2 rings (SSSR count). The van der Waals surface area contributed by atoms with Gasteiger partial charge in [0.1, 0.15) is 5.75 Å². The molecule has 0 bridgehead atoms. The van der Waals surface area contributed by atoms with Gasteiger partial charge in [0.05, 0.1) is 10.6 Å². The lowest BCUT2D eigenvalue weighted by Gasteiger charge is -2.12. The number of nitrogens with one attached hydrogen (secondary N) is 1. The standard InChI is InChI=1S/C16H17BrN2O3S/c1-8-5-12(17)6-9(2)14(8)22-7-13(21)19-16-18-10(3)15(23-16)11(4)20/h5-6H,7H2,1-4H3,(H,18,19,21). The summed E-state index contributed by atoms with van der Waals surface area (Å²) in [5.74, 6) is 0.330. The third kappa shape index (κ3) is 4.39. The fourth-order valence-corrected chi connectivity index (χ4v) is 3.76. The van der Waals surface area contributed by atoms with Crippen LogP contribution < -0.4 is 10.1 Å². The van der Waals surface area contributed by atoms with E-state index in [0.717, 1.165) is 15.6 Å². The van der Waals surface area contributed by atoms with E-state index < -0.39 is 0 Å². The second-order valence-corrected chi connectivity index (χ2v) is 7.11. The highest BCUT2D eigenvalue weighted by Crippen LogP contribution is 2.27. The van der Waals surface area contributed by atoms with Crippen molar-refractivity contribution in [3.05, 3.63) is 38.3 Å². The summed E-state index contributed by atoms with van der Waals surface area (Å²) < 4.78 is 6.59. The highest BCUT2D eigenvalue weighted by molar-refractivity contribution is 9.10. The normalized spacial score (nSPS) is 10.5. The van der Waals surface area contributed by atoms with Gasteiger partial charge < -0.3 is 4.74 Å². The van der Waals surface area contributed by atoms with Gasteiger partial charge in [0, 0.05) is 11.4 Å². The Bertz CT molecular complexity index is 748. The van der Waals surface area contributed by atoms with Crippen LogP contribution in [0.25, 0.3) is 0 Å². The van der Waals surface area contributed by atoms with E-state index in [1.54, 1.807) is 6.92 Å². The summed E-state index contributed by atoms with van der Waals surface area (Å²) in [6, 6.07) is 3.87. The smallest absolute Gasteiger partial charge is 0.264 e. The van der Waals surface area contributed by atoms with Crippen molar-refractivity contribution in [1.82, 2.24) is 4.98 Å². The number of anilines is 1. The Hall–Kier alpha value is -1.73.